The number of aromatic nitrogens is 1. The zero-order chi connectivity index (χ0) is 25.5. The number of anilines is 1. The molecule has 0 bridgehead atoms. The highest BCUT2D eigenvalue weighted by atomic mass is 19.4. The van der Waals surface area contributed by atoms with Crippen LogP contribution in [0.25, 0.3) is 10.9 Å². The van der Waals surface area contributed by atoms with Crippen molar-refractivity contribution in [2.45, 2.75) is 26.6 Å². The van der Waals surface area contributed by atoms with Crippen LogP contribution in [-0.2, 0) is 12.7 Å². The van der Waals surface area contributed by atoms with E-state index in [9.17, 15) is 30.7 Å². The molecule has 0 atom stereocenters. The molecule has 4 aromatic rings. The molecule has 0 radical (unpaired) electrons. The number of hydrogen-bond donors (Lipinski definition) is 1. The predicted molar refractivity (Wildman–Crippen MR) is 119 cm³/mol. The van der Waals surface area contributed by atoms with Crippen molar-refractivity contribution in [1.82, 2.24) is 4.57 Å². The van der Waals surface area contributed by atoms with Gasteiger partial charge in [0.1, 0.15) is 11.3 Å². The van der Waals surface area contributed by atoms with E-state index in [1.165, 1.54) is 6.21 Å². The fourth-order valence-electron chi connectivity index (χ4n) is 4.01. The number of rotatable bonds is 5. The number of nitrogens with zero attached hydrogens (tertiary/aromatic N) is 2. The van der Waals surface area contributed by atoms with E-state index in [4.69, 9.17) is 0 Å². The lowest BCUT2D eigenvalue weighted by Gasteiger charge is -2.13. The first-order valence-electron chi connectivity index (χ1n) is 10.4. The van der Waals surface area contributed by atoms with Gasteiger partial charge in [0.15, 0.2) is 23.3 Å². The molecule has 0 amide bonds. The van der Waals surface area contributed by atoms with Gasteiger partial charge < -0.3 is 4.57 Å². The Labute approximate surface area is 195 Å². The molecule has 0 saturated carbocycles. The number of aryl methyl sites for hydroxylation is 1. The lowest BCUT2D eigenvalue weighted by atomic mass is 10.1. The van der Waals surface area contributed by atoms with Gasteiger partial charge in [0, 0.05) is 23.2 Å². The van der Waals surface area contributed by atoms with Gasteiger partial charge in [-0.2, -0.15) is 18.3 Å². The summed E-state index contributed by atoms with van der Waals surface area (Å²) in [6, 6.07) is 15.2. The minimum Gasteiger partial charge on any atom is -0.340 e. The largest absolute Gasteiger partial charge is 0.422 e. The summed E-state index contributed by atoms with van der Waals surface area (Å²) in [4.78, 5) is 0. The second kappa shape index (κ2) is 9.09. The standard InChI is InChI=1S/C25H18F7N3/c1-13-7-6-10-16-17(14(2)35(24(13)16)12-15-8-4-3-5-9-15)11-33-34-23-21(28)19(26)18(25(30,31)32)20(27)22(23)29/h3-11,34H,12H2,1-2H3/b33-11+. The monoisotopic (exact) mass is 493 g/mol. The van der Waals surface area contributed by atoms with Crippen molar-refractivity contribution < 1.29 is 30.7 Å². The van der Waals surface area contributed by atoms with E-state index in [1.807, 2.05) is 72.4 Å². The summed E-state index contributed by atoms with van der Waals surface area (Å²) < 4.78 is 96.5. The first-order chi connectivity index (χ1) is 16.5. The van der Waals surface area contributed by atoms with Crippen molar-refractivity contribution in [3.63, 3.8) is 0 Å². The summed E-state index contributed by atoms with van der Waals surface area (Å²) in [5.74, 6) is -9.57. The van der Waals surface area contributed by atoms with Crippen LogP contribution < -0.4 is 5.43 Å². The smallest absolute Gasteiger partial charge is 0.340 e. The summed E-state index contributed by atoms with van der Waals surface area (Å²) >= 11 is 0. The number of halogens is 7. The van der Waals surface area contributed by atoms with Gasteiger partial charge in [-0.1, -0.05) is 48.5 Å². The van der Waals surface area contributed by atoms with E-state index in [0.717, 1.165) is 27.7 Å². The molecule has 35 heavy (non-hydrogen) atoms. The maximum absolute atomic E-state index is 14.2. The summed E-state index contributed by atoms with van der Waals surface area (Å²) in [5.41, 5.74) is 1.88. The molecular formula is C25H18F7N3. The Bertz CT molecular complexity index is 1410. The minimum absolute atomic E-state index is 0.522. The van der Waals surface area contributed by atoms with E-state index >= 15 is 0 Å². The van der Waals surface area contributed by atoms with E-state index in [-0.39, 0.29) is 0 Å². The summed E-state index contributed by atoms with van der Waals surface area (Å²) in [6.45, 7) is 4.25. The van der Waals surface area contributed by atoms with Gasteiger partial charge in [0.2, 0.25) is 0 Å². The molecule has 182 valence electrons. The third-order valence-electron chi connectivity index (χ3n) is 5.69. The molecule has 3 aromatic carbocycles. The van der Waals surface area contributed by atoms with Gasteiger partial charge in [0.25, 0.3) is 0 Å². The summed E-state index contributed by atoms with van der Waals surface area (Å²) in [7, 11) is 0. The molecule has 0 spiro atoms. The van der Waals surface area contributed by atoms with Crippen LogP contribution in [-0.4, -0.2) is 10.8 Å². The molecule has 10 heteroatoms. The second-order valence-corrected chi connectivity index (χ2v) is 7.92. The molecule has 0 unspecified atom stereocenters. The van der Waals surface area contributed by atoms with Crippen molar-refractivity contribution in [3.05, 3.63) is 99.7 Å². The molecular weight excluding hydrogens is 475 g/mol. The maximum atomic E-state index is 14.2. The molecule has 0 aliphatic rings. The number of nitrogens with one attached hydrogen (secondary N) is 1. The van der Waals surface area contributed by atoms with Crippen LogP contribution in [0.15, 0.2) is 53.6 Å². The van der Waals surface area contributed by atoms with Crippen LogP contribution in [0, 0.1) is 37.1 Å². The number of fused-ring (bicyclic) bond motifs is 1. The molecule has 0 saturated heterocycles. The lowest BCUT2D eigenvalue weighted by molar-refractivity contribution is -0.143. The highest BCUT2D eigenvalue weighted by Gasteiger charge is 2.42. The van der Waals surface area contributed by atoms with Gasteiger partial charge in [-0.3, -0.25) is 5.43 Å². The van der Waals surface area contributed by atoms with E-state index in [0.29, 0.717) is 12.1 Å². The Morgan fingerprint density at radius 2 is 1.49 bits per heavy atom. The predicted octanol–water partition coefficient (Wildman–Crippen LogP) is 7.33. The first kappa shape index (κ1) is 24.3. The molecule has 1 heterocycles. The molecule has 0 aliphatic heterocycles. The fraction of sp³-hybridized carbons (Fsp3) is 0.160. The average molecular weight is 493 g/mol. The molecule has 1 N–H and O–H groups in total. The number of alkyl halides is 3. The zero-order valence-electron chi connectivity index (χ0n) is 18.4. The Hall–Kier alpha value is -3.82. The Kier molecular flexibility index (Phi) is 6.31. The maximum Gasteiger partial charge on any atom is 0.422 e. The van der Waals surface area contributed by atoms with Gasteiger partial charge >= 0.3 is 6.18 Å². The highest BCUT2D eigenvalue weighted by Crippen LogP contribution is 2.38. The molecule has 1 aromatic heterocycles. The van der Waals surface area contributed by atoms with Gasteiger partial charge in [-0.05, 0) is 25.0 Å². The van der Waals surface area contributed by atoms with Gasteiger partial charge in [-0.15, -0.1) is 0 Å². The van der Waals surface area contributed by atoms with Crippen molar-refractivity contribution >= 4 is 22.8 Å². The quantitative estimate of drug-likeness (QED) is 0.134. The van der Waals surface area contributed by atoms with E-state index in [2.05, 4.69) is 5.10 Å². The Balaban J connectivity index is 1.75. The van der Waals surface area contributed by atoms with Gasteiger partial charge in [0.05, 0.1) is 11.7 Å². The van der Waals surface area contributed by atoms with Crippen LogP contribution in [0.2, 0.25) is 0 Å². The van der Waals surface area contributed by atoms with Crippen LogP contribution in [0.1, 0.15) is 27.9 Å². The third-order valence-corrected chi connectivity index (χ3v) is 5.69. The number of benzene rings is 3. The summed E-state index contributed by atoms with van der Waals surface area (Å²) in [5, 5.41) is 4.44. The van der Waals surface area contributed by atoms with Crippen molar-refractivity contribution in [2.75, 3.05) is 5.43 Å². The number of hydrogen-bond acceptors (Lipinski definition) is 2. The third kappa shape index (κ3) is 4.36. The molecule has 3 nitrogen and oxygen atoms in total. The lowest BCUT2D eigenvalue weighted by Crippen LogP contribution is -2.16. The molecule has 4 rings (SSSR count). The van der Waals surface area contributed by atoms with Crippen LogP contribution in [0.5, 0.6) is 0 Å². The zero-order valence-corrected chi connectivity index (χ0v) is 18.4. The minimum atomic E-state index is -5.62. The van der Waals surface area contributed by atoms with Crippen LogP contribution in [0.3, 0.4) is 0 Å². The van der Waals surface area contributed by atoms with E-state index in [1.54, 1.807) is 0 Å². The van der Waals surface area contributed by atoms with Crippen LogP contribution in [0.4, 0.5) is 36.4 Å². The topological polar surface area (TPSA) is 29.3 Å². The molecule has 0 fully saturated rings. The van der Waals surface area contributed by atoms with Crippen molar-refractivity contribution in [1.29, 1.82) is 0 Å². The second-order valence-electron chi connectivity index (χ2n) is 7.92. The molecule has 0 aliphatic carbocycles. The van der Waals surface area contributed by atoms with E-state index < -0.39 is 40.7 Å². The van der Waals surface area contributed by atoms with Crippen molar-refractivity contribution in [3.8, 4) is 0 Å². The SMILES string of the molecule is Cc1cccc2c(/C=N/Nc3c(F)c(F)c(C(F)(F)F)c(F)c3F)c(C)n(Cc3ccccc3)c12. The highest BCUT2D eigenvalue weighted by molar-refractivity contribution is 6.02. The van der Waals surface area contributed by atoms with Gasteiger partial charge in [-0.25, -0.2) is 17.6 Å². The number of para-hydroxylation sites is 1. The normalized spacial score (nSPS) is 12.1. The Morgan fingerprint density at radius 1 is 0.857 bits per heavy atom. The van der Waals surface area contributed by atoms with Crippen LogP contribution >= 0.6 is 0 Å². The fourth-order valence-corrected chi connectivity index (χ4v) is 4.01. The van der Waals surface area contributed by atoms with Crippen molar-refractivity contribution in [2.24, 2.45) is 5.10 Å². The average Bonchev–Trinajstić information content (AvgIpc) is 3.06. The summed E-state index contributed by atoms with van der Waals surface area (Å²) in [6.07, 6.45) is -4.42. The Morgan fingerprint density at radius 3 is 2.09 bits per heavy atom. The number of hydrazone groups is 1. The first-order valence-corrected chi connectivity index (χ1v) is 10.4.